The molecule has 7 nitrogen and oxygen atoms in total. The quantitative estimate of drug-likeness (QED) is 0.361. The fourth-order valence-corrected chi connectivity index (χ4v) is 3.78. The average Bonchev–Trinajstić information content (AvgIpc) is 2.91. The van der Waals surface area contributed by atoms with Crippen molar-refractivity contribution in [1.82, 2.24) is 9.88 Å². The van der Waals surface area contributed by atoms with E-state index < -0.39 is 0 Å². The third kappa shape index (κ3) is 7.20. The molecule has 7 heteroatoms. The minimum Gasteiger partial charge on any atom is -0.493 e. The second kappa shape index (κ2) is 13.3. The molecule has 35 heavy (non-hydrogen) atoms. The predicted octanol–water partition coefficient (Wildman–Crippen LogP) is 4.62. The maximum atomic E-state index is 13.0. The van der Waals surface area contributed by atoms with Gasteiger partial charge < -0.3 is 24.2 Å². The zero-order chi connectivity index (χ0) is 25.0. The van der Waals surface area contributed by atoms with Crippen LogP contribution in [0, 0.1) is 0 Å². The SMILES string of the molecule is CCN(CCCCO)C(=O)c1cccc(-c2cccc(OCCc3ccc(OC)c(OC)c3)n2)c1. The third-order valence-electron chi connectivity index (χ3n) is 5.72. The molecule has 1 amide bonds. The van der Waals surface area contributed by atoms with Gasteiger partial charge in [0.2, 0.25) is 5.88 Å². The fourth-order valence-electron chi connectivity index (χ4n) is 3.78. The Kier molecular flexibility index (Phi) is 9.93. The Morgan fingerprint density at radius 3 is 2.51 bits per heavy atom. The summed E-state index contributed by atoms with van der Waals surface area (Å²) in [6.45, 7) is 3.81. The molecule has 0 aliphatic rings. The number of hydrogen-bond acceptors (Lipinski definition) is 6. The first-order chi connectivity index (χ1) is 17.1. The molecule has 3 aromatic rings. The summed E-state index contributed by atoms with van der Waals surface area (Å²) in [4.78, 5) is 19.4. The molecule has 186 valence electrons. The van der Waals surface area contributed by atoms with Crippen LogP contribution in [0.2, 0.25) is 0 Å². The van der Waals surface area contributed by atoms with Crippen LogP contribution in [0.25, 0.3) is 11.3 Å². The standard InChI is InChI=1S/C28H34N2O5/c1-4-30(16-5-6-17-31)28(32)23-10-7-9-22(20-23)24-11-8-12-27(29-24)35-18-15-21-13-14-25(33-2)26(19-21)34-3/h7-14,19-20,31H,4-6,15-18H2,1-3H3. The summed E-state index contributed by atoms with van der Waals surface area (Å²) >= 11 is 0. The molecule has 0 spiro atoms. The number of aromatic nitrogens is 1. The highest BCUT2D eigenvalue weighted by Crippen LogP contribution is 2.28. The van der Waals surface area contributed by atoms with Gasteiger partial charge in [0.25, 0.3) is 5.91 Å². The Labute approximate surface area is 207 Å². The molecule has 0 fully saturated rings. The summed E-state index contributed by atoms with van der Waals surface area (Å²) in [7, 11) is 3.23. The van der Waals surface area contributed by atoms with Crippen molar-refractivity contribution in [2.75, 3.05) is 40.5 Å². The lowest BCUT2D eigenvalue weighted by molar-refractivity contribution is 0.0759. The number of aliphatic hydroxyl groups is 1. The first-order valence-electron chi connectivity index (χ1n) is 11.9. The Morgan fingerprint density at radius 2 is 1.77 bits per heavy atom. The molecule has 3 rings (SSSR count). The van der Waals surface area contributed by atoms with Gasteiger partial charge in [-0.05, 0) is 55.7 Å². The van der Waals surface area contributed by atoms with Gasteiger partial charge in [0.15, 0.2) is 11.5 Å². The van der Waals surface area contributed by atoms with E-state index in [1.165, 1.54) is 0 Å². The number of hydrogen-bond donors (Lipinski definition) is 1. The van der Waals surface area contributed by atoms with Gasteiger partial charge in [-0.1, -0.05) is 24.3 Å². The lowest BCUT2D eigenvalue weighted by Gasteiger charge is -2.21. The number of carbonyl (C=O) groups excluding carboxylic acids is 1. The molecular weight excluding hydrogens is 444 g/mol. The normalized spacial score (nSPS) is 10.6. The lowest BCUT2D eigenvalue weighted by atomic mass is 10.1. The molecule has 0 atom stereocenters. The number of carbonyl (C=O) groups is 1. The third-order valence-corrected chi connectivity index (χ3v) is 5.72. The minimum absolute atomic E-state index is 0.0189. The zero-order valence-corrected chi connectivity index (χ0v) is 20.7. The topological polar surface area (TPSA) is 81.1 Å². The number of unbranched alkanes of at least 4 members (excludes halogenated alkanes) is 1. The number of ether oxygens (including phenoxy) is 3. The van der Waals surface area contributed by atoms with Crippen LogP contribution in [0.4, 0.5) is 0 Å². The van der Waals surface area contributed by atoms with Gasteiger partial charge in [-0.15, -0.1) is 0 Å². The van der Waals surface area contributed by atoms with Crippen LogP contribution in [-0.2, 0) is 6.42 Å². The summed E-state index contributed by atoms with van der Waals surface area (Å²) in [5.41, 5.74) is 3.29. The summed E-state index contributed by atoms with van der Waals surface area (Å²) < 4.78 is 16.6. The Bertz CT molecular complexity index is 1100. The van der Waals surface area contributed by atoms with Gasteiger partial charge >= 0.3 is 0 Å². The number of nitrogens with zero attached hydrogens (tertiary/aromatic N) is 2. The van der Waals surface area contributed by atoms with E-state index in [0.29, 0.717) is 55.5 Å². The zero-order valence-electron chi connectivity index (χ0n) is 20.7. The highest BCUT2D eigenvalue weighted by Gasteiger charge is 2.15. The molecule has 1 aromatic heterocycles. The highest BCUT2D eigenvalue weighted by molar-refractivity contribution is 5.95. The Balaban J connectivity index is 1.66. The summed E-state index contributed by atoms with van der Waals surface area (Å²) in [5.74, 6) is 1.89. The van der Waals surface area contributed by atoms with Gasteiger partial charge in [-0.3, -0.25) is 4.79 Å². The molecule has 1 heterocycles. The van der Waals surface area contributed by atoms with Crippen LogP contribution >= 0.6 is 0 Å². The molecule has 0 saturated heterocycles. The van der Waals surface area contributed by atoms with Crippen LogP contribution in [-0.4, -0.2) is 61.4 Å². The number of methoxy groups -OCH3 is 2. The Morgan fingerprint density at radius 1 is 0.971 bits per heavy atom. The van der Waals surface area contributed by atoms with E-state index >= 15 is 0 Å². The summed E-state index contributed by atoms with van der Waals surface area (Å²) in [6, 6.07) is 18.9. The van der Waals surface area contributed by atoms with Crippen LogP contribution in [0.3, 0.4) is 0 Å². The molecular formula is C28H34N2O5. The number of pyridine rings is 1. The van der Waals surface area contributed by atoms with E-state index in [0.717, 1.165) is 23.2 Å². The van der Waals surface area contributed by atoms with Crippen LogP contribution in [0.1, 0.15) is 35.7 Å². The van der Waals surface area contributed by atoms with Crippen molar-refractivity contribution in [1.29, 1.82) is 0 Å². The maximum absolute atomic E-state index is 13.0. The van der Waals surface area contributed by atoms with Crippen molar-refractivity contribution in [2.24, 2.45) is 0 Å². The van der Waals surface area contributed by atoms with Crippen molar-refractivity contribution in [3.63, 3.8) is 0 Å². The molecule has 0 bridgehead atoms. The molecule has 1 N–H and O–H groups in total. The van der Waals surface area contributed by atoms with Gasteiger partial charge in [-0.2, -0.15) is 0 Å². The summed E-state index contributed by atoms with van der Waals surface area (Å²) in [5, 5.41) is 9.01. The second-order valence-electron chi connectivity index (χ2n) is 8.05. The first-order valence-corrected chi connectivity index (χ1v) is 11.9. The highest BCUT2D eigenvalue weighted by atomic mass is 16.5. The van der Waals surface area contributed by atoms with Crippen LogP contribution < -0.4 is 14.2 Å². The van der Waals surface area contributed by atoms with Gasteiger partial charge in [0.1, 0.15) is 0 Å². The van der Waals surface area contributed by atoms with Crippen LogP contribution in [0.5, 0.6) is 17.4 Å². The van der Waals surface area contributed by atoms with Crippen molar-refractivity contribution >= 4 is 5.91 Å². The van der Waals surface area contributed by atoms with E-state index in [2.05, 4.69) is 4.98 Å². The van der Waals surface area contributed by atoms with E-state index in [1.54, 1.807) is 19.1 Å². The first kappa shape index (κ1) is 26.0. The van der Waals surface area contributed by atoms with Crippen molar-refractivity contribution in [2.45, 2.75) is 26.2 Å². The van der Waals surface area contributed by atoms with E-state index in [1.807, 2.05) is 67.6 Å². The average molecular weight is 479 g/mol. The van der Waals surface area contributed by atoms with E-state index in [9.17, 15) is 4.79 Å². The summed E-state index contributed by atoms with van der Waals surface area (Å²) in [6.07, 6.45) is 2.16. The number of rotatable bonds is 13. The monoisotopic (exact) mass is 478 g/mol. The van der Waals surface area contributed by atoms with Gasteiger partial charge in [0, 0.05) is 43.3 Å². The number of aliphatic hydroxyl groups excluding tert-OH is 1. The number of benzene rings is 2. The largest absolute Gasteiger partial charge is 0.493 e. The molecule has 0 aliphatic heterocycles. The van der Waals surface area contributed by atoms with Crippen molar-refractivity contribution in [3.05, 3.63) is 71.8 Å². The molecule has 0 radical (unpaired) electrons. The second-order valence-corrected chi connectivity index (χ2v) is 8.05. The molecule has 0 saturated carbocycles. The smallest absolute Gasteiger partial charge is 0.253 e. The molecule has 0 aliphatic carbocycles. The minimum atomic E-state index is -0.0189. The van der Waals surface area contributed by atoms with E-state index in [-0.39, 0.29) is 12.5 Å². The maximum Gasteiger partial charge on any atom is 0.253 e. The number of amides is 1. The van der Waals surface area contributed by atoms with Crippen LogP contribution in [0.15, 0.2) is 60.7 Å². The van der Waals surface area contributed by atoms with Gasteiger partial charge in [0.05, 0.1) is 26.5 Å². The molecule has 0 unspecified atom stereocenters. The van der Waals surface area contributed by atoms with Gasteiger partial charge in [-0.25, -0.2) is 4.98 Å². The molecule has 2 aromatic carbocycles. The fraction of sp³-hybridized carbons (Fsp3) is 0.357. The predicted molar refractivity (Wildman–Crippen MR) is 136 cm³/mol. The Hall–Kier alpha value is -3.58. The van der Waals surface area contributed by atoms with Crippen molar-refractivity contribution < 1.29 is 24.1 Å². The van der Waals surface area contributed by atoms with Crippen molar-refractivity contribution in [3.8, 4) is 28.6 Å². The lowest BCUT2D eigenvalue weighted by Crippen LogP contribution is -2.31. The van der Waals surface area contributed by atoms with E-state index in [4.69, 9.17) is 19.3 Å².